The molecule has 0 N–H and O–H groups in total. The third-order valence-electron chi connectivity index (χ3n) is 2.13. The fourth-order valence-electron chi connectivity index (χ4n) is 1.22. The topological polar surface area (TPSA) is 89.5 Å². The van der Waals surface area contributed by atoms with Crippen LogP contribution in [0.1, 0.15) is 0 Å². The van der Waals surface area contributed by atoms with Gasteiger partial charge in [0.1, 0.15) is 0 Å². The van der Waals surface area contributed by atoms with Crippen LogP contribution in [0, 0.1) is 0 Å². The smallest absolute Gasteiger partial charge is 0.377 e. The van der Waals surface area contributed by atoms with E-state index in [2.05, 4.69) is 8.92 Å². The van der Waals surface area contributed by atoms with E-state index in [-0.39, 0.29) is 39.6 Å². The summed E-state index contributed by atoms with van der Waals surface area (Å²) in [4.78, 5) is 0. The van der Waals surface area contributed by atoms with Crippen molar-refractivity contribution < 1.29 is 49.5 Å². The second-order valence-electron chi connectivity index (χ2n) is 4.27. The van der Waals surface area contributed by atoms with Crippen LogP contribution in [0.3, 0.4) is 0 Å². The summed E-state index contributed by atoms with van der Waals surface area (Å²) in [5.74, 6) is 0. The van der Waals surface area contributed by atoms with Crippen molar-refractivity contribution in [2.24, 2.45) is 0 Å². The predicted molar refractivity (Wildman–Crippen MR) is 76.1 cm³/mol. The Bertz CT molecular complexity index is 388. The minimum absolute atomic E-state index is 0.0457. The zero-order valence-electron chi connectivity index (χ0n) is 13.4. The number of ether oxygens (including phenoxy) is 5. The third-order valence-corrected chi connectivity index (χ3v) is 2.73. The van der Waals surface area contributed by atoms with Crippen molar-refractivity contribution in [1.29, 1.82) is 0 Å². The van der Waals surface area contributed by atoms with Crippen molar-refractivity contribution in [1.82, 2.24) is 0 Å². The molecule has 0 aromatic rings. The van der Waals surface area contributed by atoms with Gasteiger partial charge in [0.25, 0.3) is 10.1 Å². The van der Waals surface area contributed by atoms with Gasteiger partial charge in [-0.15, -0.1) is 13.2 Å². The average molecular weight is 384 g/mol. The molecule has 146 valence electrons. The van der Waals surface area contributed by atoms with E-state index in [1.165, 1.54) is 0 Å². The fourth-order valence-corrected chi connectivity index (χ4v) is 1.59. The molecule has 0 fully saturated rings. The van der Waals surface area contributed by atoms with Gasteiger partial charge < -0.3 is 18.9 Å². The van der Waals surface area contributed by atoms with Crippen molar-refractivity contribution in [3.63, 3.8) is 0 Å². The highest BCUT2D eigenvalue weighted by molar-refractivity contribution is 7.85. The van der Waals surface area contributed by atoms with Gasteiger partial charge >= 0.3 is 6.36 Å². The van der Waals surface area contributed by atoms with Gasteiger partial charge in [0.05, 0.1) is 72.3 Å². The maximum absolute atomic E-state index is 11.6. The SMILES string of the molecule is CS(=O)(=O)OCCOCCOCCOCCOCCOC(F)(F)F. The van der Waals surface area contributed by atoms with Crippen molar-refractivity contribution in [2.45, 2.75) is 6.36 Å². The first kappa shape index (κ1) is 23.5. The quantitative estimate of drug-likeness (QED) is 0.282. The van der Waals surface area contributed by atoms with Gasteiger partial charge in [0, 0.05) is 0 Å². The summed E-state index contributed by atoms with van der Waals surface area (Å²) >= 11 is 0. The lowest BCUT2D eigenvalue weighted by molar-refractivity contribution is -0.327. The minimum Gasteiger partial charge on any atom is -0.377 e. The highest BCUT2D eigenvalue weighted by Crippen LogP contribution is 2.15. The summed E-state index contributed by atoms with van der Waals surface area (Å²) in [6.45, 7) is 0.988. The summed E-state index contributed by atoms with van der Waals surface area (Å²) < 4.78 is 84.3. The number of hydrogen-bond donors (Lipinski definition) is 0. The van der Waals surface area contributed by atoms with E-state index < -0.39 is 23.1 Å². The Morgan fingerprint density at radius 3 is 1.33 bits per heavy atom. The third kappa shape index (κ3) is 21.5. The molecule has 0 heterocycles. The van der Waals surface area contributed by atoms with Crippen LogP contribution >= 0.6 is 0 Å². The van der Waals surface area contributed by atoms with Gasteiger partial charge in [-0.05, 0) is 0 Å². The average Bonchev–Trinajstić information content (AvgIpc) is 2.44. The molecule has 0 aliphatic carbocycles. The standard InChI is InChI=1S/C12H23F3O8S/c1-24(16,17)23-11-9-21-7-5-19-3-2-18-4-6-20-8-10-22-12(13,14)15/h2-11H2,1H3. The molecule has 0 bridgehead atoms. The van der Waals surface area contributed by atoms with E-state index in [1.807, 2.05) is 0 Å². The van der Waals surface area contributed by atoms with Crippen molar-refractivity contribution in [2.75, 3.05) is 72.3 Å². The molecule has 0 spiro atoms. The molecule has 12 heteroatoms. The van der Waals surface area contributed by atoms with Crippen LogP contribution in [0.25, 0.3) is 0 Å². The van der Waals surface area contributed by atoms with E-state index >= 15 is 0 Å². The number of halogens is 3. The molecule has 0 aromatic heterocycles. The molecular formula is C12H23F3O8S. The van der Waals surface area contributed by atoms with E-state index in [4.69, 9.17) is 18.9 Å². The molecule has 24 heavy (non-hydrogen) atoms. The summed E-state index contributed by atoms with van der Waals surface area (Å²) in [5, 5.41) is 0. The summed E-state index contributed by atoms with van der Waals surface area (Å²) in [5.41, 5.74) is 0. The van der Waals surface area contributed by atoms with E-state index in [9.17, 15) is 21.6 Å². The zero-order valence-corrected chi connectivity index (χ0v) is 14.2. The second-order valence-corrected chi connectivity index (χ2v) is 5.91. The van der Waals surface area contributed by atoms with Crippen LogP contribution in [-0.2, 0) is 38.0 Å². The first-order valence-electron chi connectivity index (χ1n) is 7.07. The fraction of sp³-hybridized carbons (Fsp3) is 1.00. The summed E-state index contributed by atoms with van der Waals surface area (Å²) in [6, 6.07) is 0. The molecule has 0 aliphatic rings. The molecule has 0 rings (SSSR count). The Kier molecular flexibility index (Phi) is 13.5. The van der Waals surface area contributed by atoms with Gasteiger partial charge in [0.15, 0.2) is 0 Å². The Morgan fingerprint density at radius 1 is 0.667 bits per heavy atom. The highest BCUT2D eigenvalue weighted by Gasteiger charge is 2.28. The van der Waals surface area contributed by atoms with Crippen LogP contribution in [-0.4, -0.2) is 87.1 Å². The number of rotatable bonds is 16. The monoisotopic (exact) mass is 384 g/mol. The van der Waals surface area contributed by atoms with Crippen molar-refractivity contribution in [3.8, 4) is 0 Å². The van der Waals surface area contributed by atoms with E-state index in [0.29, 0.717) is 19.8 Å². The van der Waals surface area contributed by atoms with Gasteiger partial charge in [-0.1, -0.05) is 0 Å². The van der Waals surface area contributed by atoms with Crippen LogP contribution in [0.2, 0.25) is 0 Å². The predicted octanol–water partition coefficient (Wildman–Crippen LogP) is 0.565. The zero-order chi connectivity index (χ0) is 18.3. The Morgan fingerprint density at radius 2 is 1.00 bits per heavy atom. The number of alkyl halides is 3. The molecule has 0 saturated carbocycles. The maximum Gasteiger partial charge on any atom is 0.522 e. The lowest BCUT2D eigenvalue weighted by atomic mass is 10.7. The lowest BCUT2D eigenvalue weighted by Crippen LogP contribution is -2.18. The van der Waals surface area contributed by atoms with Gasteiger partial charge in [-0.25, -0.2) is 0 Å². The maximum atomic E-state index is 11.6. The van der Waals surface area contributed by atoms with E-state index in [0.717, 1.165) is 6.26 Å². The van der Waals surface area contributed by atoms with Gasteiger partial charge in [-0.2, -0.15) is 8.42 Å². The highest BCUT2D eigenvalue weighted by atomic mass is 32.2. The molecule has 0 amide bonds. The normalized spacial score (nSPS) is 12.7. The first-order chi connectivity index (χ1) is 11.2. The number of hydrogen-bond acceptors (Lipinski definition) is 8. The molecule has 0 atom stereocenters. The Labute approximate surface area is 139 Å². The largest absolute Gasteiger partial charge is 0.522 e. The van der Waals surface area contributed by atoms with Crippen molar-refractivity contribution in [3.05, 3.63) is 0 Å². The second kappa shape index (κ2) is 13.8. The molecule has 0 aromatic carbocycles. The van der Waals surface area contributed by atoms with Crippen LogP contribution in [0.15, 0.2) is 0 Å². The van der Waals surface area contributed by atoms with Crippen LogP contribution in [0.5, 0.6) is 0 Å². The van der Waals surface area contributed by atoms with Gasteiger partial charge in [-0.3, -0.25) is 8.92 Å². The minimum atomic E-state index is -4.64. The molecule has 0 saturated heterocycles. The van der Waals surface area contributed by atoms with Crippen molar-refractivity contribution >= 4 is 10.1 Å². The summed E-state index contributed by atoms with van der Waals surface area (Å²) in [6.07, 6.45) is -3.68. The lowest BCUT2D eigenvalue weighted by Gasteiger charge is -2.08. The van der Waals surface area contributed by atoms with Gasteiger partial charge in [0.2, 0.25) is 0 Å². The Hall–Kier alpha value is -0.500. The molecule has 8 nitrogen and oxygen atoms in total. The molecule has 0 aliphatic heterocycles. The van der Waals surface area contributed by atoms with Crippen LogP contribution < -0.4 is 0 Å². The summed E-state index contributed by atoms with van der Waals surface area (Å²) in [7, 11) is -3.44. The molecule has 0 radical (unpaired) electrons. The first-order valence-corrected chi connectivity index (χ1v) is 8.88. The molecule has 0 unspecified atom stereocenters. The molecular weight excluding hydrogens is 361 g/mol. The van der Waals surface area contributed by atoms with E-state index in [1.54, 1.807) is 0 Å². The Balaban J connectivity index is 3.10. The van der Waals surface area contributed by atoms with Crippen LogP contribution in [0.4, 0.5) is 13.2 Å².